The van der Waals surface area contributed by atoms with E-state index in [4.69, 9.17) is 4.74 Å². The van der Waals surface area contributed by atoms with Gasteiger partial charge in [-0.1, -0.05) is 49.7 Å². The number of benzene rings is 1. The molecule has 1 aliphatic carbocycles. The number of anilines is 2. The molecule has 1 fully saturated rings. The van der Waals surface area contributed by atoms with Crippen molar-refractivity contribution < 1.29 is 14.3 Å². The number of methoxy groups -OCH3 is 1. The molecule has 0 aliphatic heterocycles. The summed E-state index contributed by atoms with van der Waals surface area (Å²) in [5.41, 5.74) is 0.677. The summed E-state index contributed by atoms with van der Waals surface area (Å²) in [6, 6.07) is 6.31. The van der Waals surface area contributed by atoms with E-state index >= 15 is 0 Å². The number of hydrogen-bond acceptors (Lipinski definition) is 9. The molecule has 1 aromatic carbocycles. The Bertz CT molecular complexity index is 1570. The number of para-hydroxylation sites is 2. The van der Waals surface area contributed by atoms with Gasteiger partial charge in [0.25, 0.3) is 11.5 Å². The number of hydrogen-bond donors (Lipinski definition) is 2. The Morgan fingerprint density at radius 2 is 1.90 bits per heavy atom. The second-order valence-corrected chi connectivity index (χ2v) is 11.5. The highest BCUT2D eigenvalue weighted by Crippen LogP contribution is 2.35. The average Bonchev–Trinajstić information content (AvgIpc) is 3.55. The Balaban J connectivity index is 1.38. The molecule has 0 spiro atoms. The minimum absolute atomic E-state index is 0.328. The fourth-order valence-corrected chi connectivity index (χ4v) is 6.95. The van der Waals surface area contributed by atoms with Crippen molar-refractivity contribution >= 4 is 55.5 Å². The third-order valence-electron chi connectivity index (χ3n) is 7.09. The van der Waals surface area contributed by atoms with Crippen LogP contribution in [-0.2, 0) is 4.79 Å². The Morgan fingerprint density at radius 3 is 2.64 bits per heavy atom. The summed E-state index contributed by atoms with van der Waals surface area (Å²) in [7, 11) is 1.53. The maximum atomic E-state index is 13.6. The third kappa shape index (κ3) is 5.44. The van der Waals surface area contributed by atoms with Crippen molar-refractivity contribution in [2.45, 2.75) is 64.3 Å². The number of carbonyl (C=O) groups excluding carboxylic acids is 2. The van der Waals surface area contributed by atoms with Crippen molar-refractivity contribution in [3.05, 3.63) is 56.4 Å². The lowest BCUT2D eigenvalue weighted by Gasteiger charge is -2.18. The molecule has 1 aliphatic rings. The van der Waals surface area contributed by atoms with Gasteiger partial charge < -0.3 is 10.1 Å². The molecular formula is C27H30N6O4S2. The zero-order valence-corrected chi connectivity index (χ0v) is 23.7. The number of ether oxygens (including phenoxy) is 1. The highest BCUT2D eigenvalue weighted by atomic mass is 32.1. The number of nitrogens with zero attached hydrogens (tertiary/aromatic N) is 4. The van der Waals surface area contributed by atoms with Crippen molar-refractivity contribution in [1.29, 1.82) is 0 Å². The number of fused-ring (bicyclic) bond motifs is 1. The van der Waals surface area contributed by atoms with Crippen LogP contribution >= 0.6 is 22.7 Å². The maximum Gasteiger partial charge on any atom is 0.266 e. The van der Waals surface area contributed by atoms with E-state index in [1.54, 1.807) is 25.1 Å². The van der Waals surface area contributed by atoms with E-state index in [0.29, 0.717) is 49.6 Å². The molecule has 39 heavy (non-hydrogen) atoms. The van der Waals surface area contributed by atoms with Crippen LogP contribution in [0.15, 0.2) is 35.4 Å². The smallest absolute Gasteiger partial charge is 0.266 e. The van der Waals surface area contributed by atoms with Gasteiger partial charge in [0.15, 0.2) is 0 Å². The van der Waals surface area contributed by atoms with Crippen molar-refractivity contribution in [1.82, 2.24) is 19.7 Å². The van der Waals surface area contributed by atoms with Crippen LogP contribution in [0.25, 0.3) is 10.2 Å². The molecule has 10 nitrogen and oxygen atoms in total. The third-order valence-corrected chi connectivity index (χ3v) is 9.29. The Morgan fingerprint density at radius 1 is 1.13 bits per heavy atom. The Labute approximate surface area is 233 Å². The Hall–Kier alpha value is -3.64. The monoisotopic (exact) mass is 566 g/mol. The van der Waals surface area contributed by atoms with Gasteiger partial charge in [0, 0.05) is 5.92 Å². The molecule has 3 heterocycles. The molecule has 1 saturated carbocycles. The van der Waals surface area contributed by atoms with Crippen LogP contribution < -0.4 is 20.9 Å². The summed E-state index contributed by atoms with van der Waals surface area (Å²) in [6.07, 6.45) is 7.57. The molecule has 2 amide bonds. The van der Waals surface area contributed by atoms with Gasteiger partial charge in [-0.05, 0) is 43.9 Å². The normalized spacial score (nSPS) is 14.7. The second-order valence-electron chi connectivity index (χ2n) is 9.54. The van der Waals surface area contributed by atoms with Gasteiger partial charge in [0.2, 0.25) is 11.0 Å². The number of nitrogens with one attached hydrogen (secondary N) is 2. The first-order chi connectivity index (χ1) is 18.9. The van der Waals surface area contributed by atoms with Crippen LogP contribution in [0.1, 0.15) is 77.7 Å². The van der Waals surface area contributed by atoms with Gasteiger partial charge in [-0.25, -0.2) is 4.98 Å². The fourth-order valence-electron chi connectivity index (χ4n) is 5.00. The molecule has 5 rings (SSSR count). The average molecular weight is 567 g/mol. The van der Waals surface area contributed by atoms with Crippen LogP contribution in [0.4, 0.5) is 10.8 Å². The van der Waals surface area contributed by atoms with E-state index in [1.165, 1.54) is 48.6 Å². The van der Waals surface area contributed by atoms with E-state index in [-0.39, 0.29) is 17.4 Å². The van der Waals surface area contributed by atoms with Crippen LogP contribution in [0.2, 0.25) is 0 Å². The minimum Gasteiger partial charge on any atom is -0.495 e. The molecule has 1 unspecified atom stereocenters. The van der Waals surface area contributed by atoms with E-state index in [0.717, 1.165) is 29.2 Å². The van der Waals surface area contributed by atoms with Crippen molar-refractivity contribution in [3.8, 4) is 5.75 Å². The number of thiophene rings is 1. The highest BCUT2D eigenvalue weighted by Gasteiger charge is 2.26. The van der Waals surface area contributed by atoms with Crippen LogP contribution in [0.3, 0.4) is 0 Å². The van der Waals surface area contributed by atoms with Gasteiger partial charge in [-0.2, -0.15) is 0 Å². The molecule has 12 heteroatoms. The first kappa shape index (κ1) is 26.9. The lowest BCUT2D eigenvalue weighted by Crippen LogP contribution is -2.33. The van der Waals surface area contributed by atoms with Gasteiger partial charge in [0.1, 0.15) is 21.6 Å². The van der Waals surface area contributed by atoms with Crippen LogP contribution in [0.5, 0.6) is 5.75 Å². The quantitative estimate of drug-likeness (QED) is 0.288. The number of aryl methyl sites for hydroxylation is 1. The predicted molar refractivity (Wildman–Crippen MR) is 153 cm³/mol. The van der Waals surface area contributed by atoms with E-state index in [2.05, 4.69) is 25.8 Å². The van der Waals surface area contributed by atoms with E-state index < -0.39 is 6.04 Å². The summed E-state index contributed by atoms with van der Waals surface area (Å²) < 4.78 is 6.66. The summed E-state index contributed by atoms with van der Waals surface area (Å²) in [6.45, 7) is 3.56. The van der Waals surface area contributed by atoms with Gasteiger partial charge >= 0.3 is 0 Å². The van der Waals surface area contributed by atoms with Crippen molar-refractivity contribution in [2.24, 2.45) is 0 Å². The first-order valence-electron chi connectivity index (χ1n) is 13.0. The van der Waals surface area contributed by atoms with Crippen molar-refractivity contribution in [3.63, 3.8) is 0 Å². The predicted octanol–water partition coefficient (Wildman–Crippen LogP) is 5.52. The number of aromatic nitrogens is 4. The summed E-state index contributed by atoms with van der Waals surface area (Å²) >= 11 is 2.54. The molecule has 0 radical (unpaired) electrons. The summed E-state index contributed by atoms with van der Waals surface area (Å²) in [5.74, 6) is 0.215. The molecule has 204 valence electrons. The maximum absolute atomic E-state index is 13.6. The lowest BCUT2D eigenvalue weighted by atomic mass is 9.90. The lowest BCUT2D eigenvalue weighted by molar-refractivity contribution is -0.119. The molecule has 0 saturated heterocycles. The minimum atomic E-state index is -0.790. The summed E-state index contributed by atoms with van der Waals surface area (Å²) in [5, 5.41) is 15.9. The highest BCUT2D eigenvalue weighted by molar-refractivity contribution is 7.20. The number of amides is 2. The van der Waals surface area contributed by atoms with Gasteiger partial charge in [0.05, 0.1) is 29.4 Å². The standard InChI is InChI=1S/C27H30N6O4S2/c1-4-18(22(34)30-27-32-31-24(39-27)16-10-6-5-7-11-16)33-14-28-25-20(26(33)36)15(2)21(38-25)23(35)29-17-12-8-9-13-19(17)37-3/h8-9,12-14,16,18H,4-7,10-11H2,1-3H3,(H,29,35)(H,30,32,34). The molecule has 4 aromatic rings. The van der Waals surface area contributed by atoms with Crippen molar-refractivity contribution in [2.75, 3.05) is 17.7 Å². The molecule has 1 atom stereocenters. The SMILES string of the molecule is CCC(C(=O)Nc1nnc(C2CCCCC2)s1)n1cnc2sc(C(=O)Nc3ccccc3OC)c(C)c2c1=O. The molecule has 0 bridgehead atoms. The van der Waals surface area contributed by atoms with E-state index in [1.807, 2.05) is 13.0 Å². The molecule has 2 N–H and O–H groups in total. The Kier molecular flexibility index (Phi) is 8.03. The summed E-state index contributed by atoms with van der Waals surface area (Å²) in [4.78, 5) is 45.2. The van der Waals surface area contributed by atoms with Gasteiger partial charge in [-0.15, -0.1) is 21.5 Å². The number of carbonyl (C=O) groups is 2. The zero-order chi connectivity index (χ0) is 27.5. The molecule has 3 aromatic heterocycles. The number of rotatable bonds is 8. The van der Waals surface area contributed by atoms with E-state index in [9.17, 15) is 14.4 Å². The zero-order valence-electron chi connectivity index (χ0n) is 22.0. The van der Waals surface area contributed by atoms with Crippen LogP contribution in [-0.4, -0.2) is 38.7 Å². The first-order valence-corrected chi connectivity index (χ1v) is 14.6. The largest absolute Gasteiger partial charge is 0.495 e. The molecular weight excluding hydrogens is 536 g/mol. The van der Waals surface area contributed by atoms with Crippen LogP contribution in [0, 0.1) is 6.92 Å². The van der Waals surface area contributed by atoms with Gasteiger partial charge in [-0.3, -0.25) is 24.3 Å². The second kappa shape index (κ2) is 11.6. The fraction of sp³-hybridized carbons (Fsp3) is 0.407. The topological polar surface area (TPSA) is 128 Å².